The van der Waals surface area contributed by atoms with E-state index in [0.29, 0.717) is 17.8 Å². The molecule has 2 heterocycles. The summed E-state index contributed by atoms with van der Waals surface area (Å²) in [5.74, 6) is -1.54. The zero-order valence-corrected chi connectivity index (χ0v) is 23.0. The predicted octanol–water partition coefficient (Wildman–Crippen LogP) is 7.32. The summed E-state index contributed by atoms with van der Waals surface area (Å²) in [5.41, 5.74) is 0.0497. The van der Waals surface area contributed by atoms with Crippen LogP contribution in [0, 0.1) is 23.0 Å². The summed E-state index contributed by atoms with van der Waals surface area (Å²) in [4.78, 5) is 20.0. The SMILES string of the molecule is C=O.CC/C=C(C)\C=C/Cc1ccc(C2=CC(C(F)(F)F)=C(C#N)CN2Cc2ccc(F)cc2F)s1.COC=O. The van der Waals surface area contributed by atoms with E-state index >= 15 is 0 Å². The molecule has 0 saturated heterocycles. The maximum absolute atomic E-state index is 14.3. The van der Waals surface area contributed by atoms with Crippen LogP contribution < -0.4 is 0 Å². The van der Waals surface area contributed by atoms with Crippen molar-refractivity contribution in [2.75, 3.05) is 13.7 Å². The number of hydrogen-bond donors (Lipinski definition) is 0. The van der Waals surface area contributed by atoms with Crippen LogP contribution >= 0.6 is 11.3 Å². The van der Waals surface area contributed by atoms with Gasteiger partial charge in [-0.05, 0) is 37.6 Å². The standard InChI is InChI=1S/C26H23F5N2S.C2H4O2.CH2O/c1-3-5-17(2)6-4-7-21-10-11-25(34-21)24-13-22(26(29,30)31)19(14-32)16-33(24)15-18-8-9-20(27)12-23(18)28;1-4-2-3;1-2/h4-6,8-13H,3,7,15-16H2,1-2H3;2H,1H3;1H2/b6-4-,17-5-;;. The van der Waals surface area contributed by atoms with Gasteiger partial charge in [-0.25, -0.2) is 8.78 Å². The van der Waals surface area contributed by atoms with Crippen LogP contribution in [0.5, 0.6) is 0 Å². The van der Waals surface area contributed by atoms with Gasteiger partial charge in [-0.3, -0.25) is 4.79 Å². The number of nitriles is 1. The highest BCUT2D eigenvalue weighted by atomic mass is 32.1. The highest BCUT2D eigenvalue weighted by Gasteiger charge is 2.39. The molecular weight excluding hydrogens is 551 g/mol. The molecule has 5 nitrogen and oxygen atoms in total. The van der Waals surface area contributed by atoms with Crippen molar-refractivity contribution >= 4 is 30.3 Å². The molecule has 0 spiro atoms. The summed E-state index contributed by atoms with van der Waals surface area (Å²) in [7, 11) is 1.31. The van der Waals surface area contributed by atoms with Crippen molar-refractivity contribution < 1.29 is 36.3 Å². The number of carbonyl (C=O) groups is 2. The number of nitrogens with zero attached hydrogens (tertiary/aromatic N) is 2. The molecule has 0 unspecified atom stereocenters. The quantitative estimate of drug-likeness (QED) is 0.186. The van der Waals surface area contributed by atoms with Gasteiger partial charge in [-0.15, -0.1) is 11.3 Å². The summed E-state index contributed by atoms with van der Waals surface area (Å²) in [6.07, 6.45) is 3.87. The van der Waals surface area contributed by atoms with Gasteiger partial charge in [0.25, 0.3) is 6.47 Å². The number of halogens is 5. The molecular formula is C29H29F5N2O3S. The Bertz CT molecular complexity index is 1300. The highest BCUT2D eigenvalue weighted by Crippen LogP contribution is 2.39. The zero-order valence-electron chi connectivity index (χ0n) is 22.2. The van der Waals surface area contributed by atoms with Crippen molar-refractivity contribution in [1.29, 1.82) is 5.26 Å². The largest absolute Gasteiger partial charge is 0.471 e. The monoisotopic (exact) mass is 580 g/mol. The predicted molar refractivity (Wildman–Crippen MR) is 145 cm³/mol. The number of ether oxygens (including phenoxy) is 1. The molecule has 2 aromatic rings. The number of rotatable bonds is 8. The second-order valence-electron chi connectivity index (χ2n) is 8.18. The van der Waals surface area contributed by atoms with E-state index in [2.05, 4.69) is 10.8 Å². The van der Waals surface area contributed by atoms with Gasteiger partial charge < -0.3 is 14.4 Å². The van der Waals surface area contributed by atoms with E-state index < -0.39 is 29.0 Å². The molecule has 1 aromatic carbocycles. The summed E-state index contributed by atoms with van der Waals surface area (Å²) < 4.78 is 72.4. The van der Waals surface area contributed by atoms with Crippen LogP contribution in [-0.2, 0) is 27.3 Å². The van der Waals surface area contributed by atoms with Crippen LogP contribution in [0.3, 0.4) is 0 Å². The molecule has 3 rings (SSSR count). The van der Waals surface area contributed by atoms with Gasteiger partial charge in [0.15, 0.2) is 0 Å². The normalized spacial score (nSPS) is 13.5. The molecule has 1 aliphatic rings. The van der Waals surface area contributed by atoms with E-state index in [1.807, 2.05) is 38.9 Å². The first-order valence-electron chi connectivity index (χ1n) is 11.8. The Labute approximate surface area is 234 Å². The number of carbonyl (C=O) groups excluding carboxylic acids is 2. The van der Waals surface area contributed by atoms with Gasteiger partial charge in [-0.1, -0.05) is 36.8 Å². The third-order valence-corrected chi connectivity index (χ3v) is 6.48. The Morgan fingerprint density at radius 2 is 1.90 bits per heavy atom. The van der Waals surface area contributed by atoms with E-state index in [1.54, 1.807) is 12.1 Å². The summed E-state index contributed by atoms with van der Waals surface area (Å²) >= 11 is 1.34. The molecule has 0 radical (unpaired) electrons. The average Bonchev–Trinajstić information content (AvgIpc) is 3.39. The Morgan fingerprint density at radius 1 is 1.23 bits per heavy atom. The lowest BCUT2D eigenvalue weighted by Crippen LogP contribution is -2.30. The Morgan fingerprint density at radius 3 is 2.45 bits per heavy atom. The van der Waals surface area contributed by atoms with Crippen molar-refractivity contribution in [2.24, 2.45) is 0 Å². The number of alkyl halides is 3. The van der Waals surface area contributed by atoms with Gasteiger partial charge in [-0.2, -0.15) is 18.4 Å². The Hall–Kier alpha value is -4.04. The van der Waals surface area contributed by atoms with E-state index in [-0.39, 0.29) is 24.4 Å². The van der Waals surface area contributed by atoms with Crippen molar-refractivity contribution in [3.63, 3.8) is 0 Å². The van der Waals surface area contributed by atoms with Crippen LogP contribution in [0.4, 0.5) is 22.0 Å². The second-order valence-corrected chi connectivity index (χ2v) is 9.35. The fraction of sp³-hybridized carbons (Fsp3) is 0.276. The maximum atomic E-state index is 14.3. The topological polar surface area (TPSA) is 70.4 Å². The Balaban J connectivity index is 0.00000122. The molecule has 0 bridgehead atoms. The molecule has 0 saturated carbocycles. The second kappa shape index (κ2) is 16.8. The first-order valence-corrected chi connectivity index (χ1v) is 12.6. The number of hydrogen-bond acceptors (Lipinski definition) is 6. The minimum Gasteiger partial charge on any atom is -0.471 e. The van der Waals surface area contributed by atoms with Crippen molar-refractivity contribution in [3.8, 4) is 6.07 Å². The van der Waals surface area contributed by atoms with Crippen LogP contribution in [0.25, 0.3) is 5.70 Å². The van der Waals surface area contributed by atoms with Crippen molar-refractivity contribution in [3.05, 3.63) is 98.3 Å². The molecule has 1 aromatic heterocycles. The summed E-state index contributed by atoms with van der Waals surface area (Å²) in [6.45, 7) is 5.98. The zero-order chi connectivity index (χ0) is 30.3. The number of methoxy groups -OCH3 is 1. The number of allylic oxidation sites excluding steroid dienone is 6. The first-order chi connectivity index (χ1) is 19.0. The molecule has 0 atom stereocenters. The number of thiophene rings is 1. The van der Waals surface area contributed by atoms with Crippen molar-refractivity contribution in [2.45, 2.75) is 39.4 Å². The van der Waals surface area contributed by atoms with Crippen LogP contribution in [-0.4, -0.2) is 38.0 Å². The van der Waals surface area contributed by atoms with E-state index in [9.17, 15) is 27.2 Å². The molecule has 0 aliphatic carbocycles. The van der Waals surface area contributed by atoms with Crippen LogP contribution in [0.15, 0.2) is 71.4 Å². The first kappa shape index (κ1) is 34.0. The lowest BCUT2D eigenvalue weighted by Gasteiger charge is -2.31. The fourth-order valence-corrected chi connectivity index (χ4v) is 4.65. The Kier molecular flexibility index (Phi) is 14.3. The molecule has 0 fully saturated rings. The van der Waals surface area contributed by atoms with Crippen molar-refractivity contribution in [1.82, 2.24) is 4.90 Å². The van der Waals surface area contributed by atoms with Gasteiger partial charge in [0.05, 0.1) is 41.4 Å². The molecule has 0 amide bonds. The molecule has 11 heteroatoms. The van der Waals surface area contributed by atoms with Gasteiger partial charge in [0.1, 0.15) is 18.4 Å². The van der Waals surface area contributed by atoms with Gasteiger partial charge in [0.2, 0.25) is 0 Å². The fourth-order valence-electron chi connectivity index (χ4n) is 3.62. The minimum atomic E-state index is -4.70. The lowest BCUT2D eigenvalue weighted by atomic mass is 10.0. The van der Waals surface area contributed by atoms with E-state index in [0.717, 1.165) is 35.1 Å². The summed E-state index contributed by atoms with van der Waals surface area (Å²) in [5, 5.41) is 9.34. The third kappa shape index (κ3) is 10.3. The van der Waals surface area contributed by atoms with Crippen LogP contribution in [0.1, 0.15) is 35.6 Å². The molecule has 0 N–H and O–H groups in total. The average molecular weight is 581 g/mol. The minimum absolute atomic E-state index is 0.109. The molecule has 214 valence electrons. The maximum Gasteiger partial charge on any atom is 0.417 e. The third-order valence-electron chi connectivity index (χ3n) is 5.35. The molecule has 1 aliphatic heterocycles. The number of benzene rings is 1. The summed E-state index contributed by atoms with van der Waals surface area (Å²) in [6, 6.07) is 8.29. The smallest absolute Gasteiger partial charge is 0.417 e. The van der Waals surface area contributed by atoms with E-state index in [4.69, 9.17) is 9.59 Å². The van der Waals surface area contributed by atoms with Gasteiger partial charge in [0, 0.05) is 29.5 Å². The lowest BCUT2D eigenvalue weighted by molar-refractivity contribution is -0.126. The van der Waals surface area contributed by atoms with Crippen LogP contribution in [0.2, 0.25) is 0 Å². The van der Waals surface area contributed by atoms with Gasteiger partial charge >= 0.3 is 6.18 Å². The highest BCUT2D eigenvalue weighted by molar-refractivity contribution is 7.13. The van der Waals surface area contributed by atoms with E-state index in [1.165, 1.54) is 29.4 Å². The molecule has 40 heavy (non-hydrogen) atoms.